The first-order valence-corrected chi connectivity index (χ1v) is 3.27. The number of hydrogen-bond acceptors (Lipinski definition) is 1. The Kier molecular flexibility index (Phi) is 1.85. The second-order valence-electron chi connectivity index (χ2n) is 1.71. The molecule has 0 aliphatic heterocycles. The van der Waals surface area contributed by atoms with Gasteiger partial charge in [0.05, 0.1) is 11.9 Å². The lowest BCUT2D eigenvalue weighted by molar-refractivity contribution is 0.465. The van der Waals surface area contributed by atoms with Crippen LogP contribution in [0, 0.1) is 0 Å². The number of halogens is 2. The Morgan fingerprint density at radius 1 is 1.89 bits per heavy atom. The maximum Gasteiger partial charge on any atom is 0.177 e. The van der Waals surface area contributed by atoms with Crippen LogP contribution in [0.15, 0.2) is 10.9 Å². The normalized spacial score (nSPS) is 10.1. The second-order valence-corrected chi connectivity index (χ2v) is 2.42. The molecule has 0 fully saturated rings. The van der Waals surface area contributed by atoms with Gasteiger partial charge in [0.2, 0.25) is 0 Å². The van der Waals surface area contributed by atoms with Crippen LogP contribution in [0.25, 0.3) is 0 Å². The number of rotatable bonds is 1. The third-order valence-electron chi connectivity index (χ3n) is 1.16. The molecular weight excluding hydrogens is 187 g/mol. The van der Waals surface area contributed by atoms with Crippen LogP contribution in [0.4, 0.5) is 4.39 Å². The van der Waals surface area contributed by atoms with E-state index < -0.39 is 6.67 Å². The van der Waals surface area contributed by atoms with Gasteiger partial charge in [0.1, 0.15) is 6.67 Å². The molecule has 9 heavy (non-hydrogen) atoms. The molecule has 0 aromatic carbocycles. The van der Waals surface area contributed by atoms with E-state index in [-0.39, 0.29) is 0 Å². The van der Waals surface area contributed by atoms with Crippen LogP contribution >= 0.6 is 15.9 Å². The highest BCUT2D eigenvalue weighted by atomic mass is 79.9. The minimum atomic E-state index is -0.463. The average Bonchev–Trinajstić information content (AvgIpc) is 2.15. The van der Waals surface area contributed by atoms with Crippen LogP contribution in [0.3, 0.4) is 0 Å². The molecule has 0 spiro atoms. The van der Waals surface area contributed by atoms with Gasteiger partial charge in [0.15, 0.2) is 4.73 Å². The first-order chi connectivity index (χ1) is 4.25. The zero-order chi connectivity index (χ0) is 6.85. The third-order valence-corrected chi connectivity index (χ3v) is 1.90. The number of alkyl halides is 1. The van der Waals surface area contributed by atoms with Gasteiger partial charge in [-0.15, -0.1) is 0 Å². The highest BCUT2D eigenvalue weighted by molar-refractivity contribution is 9.10. The molecule has 0 atom stereocenters. The van der Waals surface area contributed by atoms with E-state index >= 15 is 0 Å². The molecule has 0 saturated carbocycles. The molecule has 50 valence electrons. The summed E-state index contributed by atoms with van der Waals surface area (Å²) >= 11 is 3.14. The van der Waals surface area contributed by atoms with Crippen LogP contribution in [0.5, 0.6) is 0 Å². The minimum absolute atomic E-state index is 0.463. The fourth-order valence-corrected chi connectivity index (χ4v) is 0.874. The fraction of sp³-hybridized carbons (Fsp3) is 0.400. The quantitative estimate of drug-likeness (QED) is 0.662. The van der Waals surface area contributed by atoms with Crippen LogP contribution < -0.4 is 0 Å². The minimum Gasteiger partial charge on any atom is -0.323 e. The van der Waals surface area contributed by atoms with Gasteiger partial charge in [-0.05, 0) is 15.9 Å². The van der Waals surface area contributed by atoms with Gasteiger partial charge in [0.25, 0.3) is 0 Å². The first-order valence-electron chi connectivity index (χ1n) is 2.47. The topological polar surface area (TPSA) is 17.8 Å². The lowest BCUT2D eigenvalue weighted by Gasteiger charge is -1.94. The Bertz CT molecular complexity index is 209. The summed E-state index contributed by atoms with van der Waals surface area (Å²) in [5.74, 6) is 0. The Balaban J connectivity index is 3.04. The molecule has 4 heteroatoms. The Hall–Kier alpha value is -0.380. The van der Waals surface area contributed by atoms with Crippen molar-refractivity contribution in [3.63, 3.8) is 0 Å². The Morgan fingerprint density at radius 3 is 2.78 bits per heavy atom. The van der Waals surface area contributed by atoms with Crippen molar-refractivity contribution in [2.24, 2.45) is 7.05 Å². The number of aromatic nitrogens is 2. The average molecular weight is 193 g/mol. The lowest BCUT2D eigenvalue weighted by Crippen LogP contribution is -1.92. The van der Waals surface area contributed by atoms with E-state index in [0.29, 0.717) is 10.4 Å². The Morgan fingerprint density at radius 2 is 2.56 bits per heavy atom. The summed E-state index contributed by atoms with van der Waals surface area (Å²) in [6.07, 6.45) is 1.50. The van der Waals surface area contributed by atoms with Crippen molar-refractivity contribution in [2.45, 2.75) is 6.67 Å². The van der Waals surface area contributed by atoms with E-state index in [1.54, 1.807) is 11.6 Å². The molecule has 1 heterocycles. The number of hydrogen-bond donors (Lipinski definition) is 0. The summed E-state index contributed by atoms with van der Waals surface area (Å²) in [6, 6.07) is 0. The van der Waals surface area contributed by atoms with Gasteiger partial charge in [0, 0.05) is 7.05 Å². The molecule has 1 rings (SSSR count). The molecule has 0 saturated heterocycles. The van der Waals surface area contributed by atoms with Crippen LogP contribution in [0.2, 0.25) is 0 Å². The molecule has 0 unspecified atom stereocenters. The van der Waals surface area contributed by atoms with Gasteiger partial charge in [-0.1, -0.05) is 0 Å². The van der Waals surface area contributed by atoms with Crippen LogP contribution in [-0.2, 0) is 13.7 Å². The number of imidazole rings is 1. The second kappa shape index (κ2) is 2.47. The van der Waals surface area contributed by atoms with E-state index in [4.69, 9.17) is 0 Å². The van der Waals surface area contributed by atoms with Crippen LogP contribution in [0.1, 0.15) is 5.69 Å². The van der Waals surface area contributed by atoms with Crippen molar-refractivity contribution in [3.8, 4) is 0 Å². The Labute approximate surface area is 60.8 Å². The molecule has 0 bridgehead atoms. The summed E-state index contributed by atoms with van der Waals surface area (Å²) in [5, 5.41) is 0. The van der Waals surface area contributed by atoms with Gasteiger partial charge in [-0.3, -0.25) is 0 Å². The zero-order valence-corrected chi connectivity index (χ0v) is 6.52. The van der Waals surface area contributed by atoms with Crippen molar-refractivity contribution >= 4 is 15.9 Å². The van der Waals surface area contributed by atoms with Crippen LogP contribution in [-0.4, -0.2) is 9.55 Å². The molecule has 0 N–H and O–H groups in total. The van der Waals surface area contributed by atoms with E-state index in [0.717, 1.165) is 0 Å². The molecule has 0 aliphatic carbocycles. The van der Waals surface area contributed by atoms with Gasteiger partial charge >= 0.3 is 0 Å². The molecule has 0 aliphatic rings. The van der Waals surface area contributed by atoms with Gasteiger partial charge in [-0.2, -0.15) is 0 Å². The standard InChI is InChI=1S/C5H6BrFN2/c1-9-4(2-7)3-8-5(9)6/h3H,2H2,1H3. The zero-order valence-electron chi connectivity index (χ0n) is 4.93. The summed E-state index contributed by atoms with van der Waals surface area (Å²) in [7, 11) is 1.76. The molecule has 0 amide bonds. The lowest BCUT2D eigenvalue weighted by atomic mass is 10.5. The van der Waals surface area contributed by atoms with Gasteiger partial charge < -0.3 is 4.57 Å². The fourth-order valence-electron chi connectivity index (χ4n) is 0.544. The van der Waals surface area contributed by atoms with Crippen molar-refractivity contribution in [2.75, 3.05) is 0 Å². The predicted octanol–water partition coefficient (Wildman–Crippen LogP) is 1.65. The maximum absolute atomic E-state index is 11.9. The van der Waals surface area contributed by atoms with Crippen molar-refractivity contribution in [3.05, 3.63) is 16.6 Å². The maximum atomic E-state index is 11.9. The predicted molar refractivity (Wildman–Crippen MR) is 35.7 cm³/mol. The molecule has 0 radical (unpaired) electrons. The molecule has 2 nitrogen and oxygen atoms in total. The van der Waals surface area contributed by atoms with E-state index in [1.807, 2.05) is 0 Å². The first kappa shape index (κ1) is 6.74. The monoisotopic (exact) mass is 192 g/mol. The van der Waals surface area contributed by atoms with Crippen molar-refractivity contribution in [1.29, 1.82) is 0 Å². The van der Waals surface area contributed by atoms with E-state index in [9.17, 15) is 4.39 Å². The third kappa shape index (κ3) is 1.13. The SMILES string of the molecule is Cn1c(CF)cnc1Br. The summed E-state index contributed by atoms with van der Waals surface area (Å²) in [6.45, 7) is -0.463. The molecular formula is C5H6BrFN2. The number of nitrogens with zero attached hydrogens (tertiary/aromatic N) is 2. The van der Waals surface area contributed by atoms with E-state index in [2.05, 4.69) is 20.9 Å². The highest BCUT2D eigenvalue weighted by Crippen LogP contribution is 2.09. The smallest absolute Gasteiger partial charge is 0.177 e. The molecule has 1 aromatic heterocycles. The summed E-state index contributed by atoms with van der Waals surface area (Å²) in [5.41, 5.74) is 0.585. The highest BCUT2D eigenvalue weighted by Gasteiger charge is 2.00. The summed E-state index contributed by atoms with van der Waals surface area (Å²) in [4.78, 5) is 3.83. The largest absolute Gasteiger partial charge is 0.323 e. The van der Waals surface area contributed by atoms with Crippen molar-refractivity contribution < 1.29 is 4.39 Å². The summed E-state index contributed by atoms with van der Waals surface area (Å²) < 4.78 is 14.2. The van der Waals surface area contributed by atoms with Crippen molar-refractivity contribution in [1.82, 2.24) is 9.55 Å². The van der Waals surface area contributed by atoms with Gasteiger partial charge in [-0.25, -0.2) is 9.37 Å². The van der Waals surface area contributed by atoms with E-state index in [1.165, 1.54) is 6.20 Å². The molecule has 1 aromatic rings.